The molecule has 26 heavy (non-hydrogen) atoms. The topological polar surface area (TPSA) is 63.6 Å². The maximum atomic E-state index is 13.0. The molecule has 6 nitrogen and oxygen atoms in total. The number of hydrogen-bond acceptors (Lipinski definition) is 3. The summed E-state index contributed by atoms with van der Waals surface area (Å²) in [6.45, 7) is 8.65. The number of alkyl carbamates (subject to hydrolysis) is 1. The maximum Gasteiger partial charge on any atom is 0.407 e. The van der Waals surface area contributed by atoms with Crippen LogP contribution in [0.1, 0.15) is 38.1 Å². The Morgan fingerprint density at radius 3 is 2.58 bits per heavy atom. The number of hydrogen-bond donors (Lipinski definition) is 1. The van der Waals surface area contributed by atoms with Gasteiger partial charge in [-0.3, -0.25) is 4.79 Å². The fourth-order valence-electron chi connectivity index (χ4n) is 3.46. The van der Waals surface area contributed by atoms with Gasteiger partial charge in [0.15, 0.2) is 0 Å². The fourth-order valence-corrected chi connectivity index (χ4v) is 3.46. The van der Waals surface area contributed by atoms with Crippen LogP contribution in [0.5, 0.6) is 0 Å². The smallest absolute Gasteiger partial charge is 0.407 e. The van der Waals surface area contributed by atoms with E-state index in [0.717, 1.165) is 10.9 Å². The number of nitrogens with one attached hydrogen (secondary N) is 1. The van der Waals surface area contributed by atoms with Crippen LogP contribution in [0.2, 0.25) is 0 Å². The second-order valence-corrected chi connectivity index (χ2v) is 8.11. The Morgan fingerprint density at radius 1 is 1.19 bits per heavy atom. The highest BCUT2D eigenvalue weighted by molar-refractivity contribution is 6.07. The van der Waals surface area contributed by atoms with Gasteiger partial charge >= 0.3 is 6.09 Å². The van der Waals surface area contributed by atoms with E-state index >= 15 is 0 Å². The number of carbonyl (C=O) groups excluding carboxylic acids is 2. The molecule has 3 rings (SSSR count). The van der Waals surface area contributed by atoms with Gasteiger partial charge in [-0.25, -0.2) is 4.79 Å². The van der Waals surface area contributed by atoms with Gasteiger partial charge < -0.3 is 19.5 Å². The fraction of sp³-hybridized carbons (Fsp3) is 0.500. The highest BCUT2D eigenvalue weighted by Crippen LogP contribution is 2.25. The molecule has 1 aromatic heterocycles. The first-order valence-corrected chi connectivity index (χ1v) is 8.98. The molecule has 1 N–H and O–H groups in total. The summed E-state index contributed by atoms with van der Waals surface area (Å²) in [5, 5.41) is 3.86. The predicted octanol–water partition coefficient (Wildman–Crippen LogP) is 3.16. The number of nitrogens with zero attached hydrogens (tertiary/aromatic N) is 2. The molecule has 1 saturated heterocycles. The summed E-state index contributed by atoms with van der Waals surface area (Å²) >= 11 is 0. The van der Waals surface area contributed by atoms with E-state index in [4.69, 9.17) is 4.74 Å². The largest absolute Gasteiger partial charge is 0.444 e. The molecule has 2 amide bonds. The first-order chi connectivity index (χ1) is 12.2. The molecule has 0 saturated carbocycles. The Balaban J connectivity index is 1.72. The second-order valence-electron chi connectivity index (χ2n) is 8.11. The van der Waals surface area contributed by atoms with E-state index in [9.17, 15) is 9.59 Å². The van der Waals surface area contributed by atoms with Gasteiger partial charge in [0.25, 0.3) is 5.91 Å². The molecule has 0 unspecified atom stereocenters. The number of aryl methyl sites for hydroxylation is 1. The van der Waals surface area contributed by atoms with Crippen LogP contribution in [-0.2, 0) is 11.8 Å². The third-order valence-electron chi connectivity index (χ3n) is 4.73. The summed E-state index contributed by atoms with van der Waals surface area (Å²) in [4.78, 5) is 26.9. The van der Waals surface area contributed by atoms with Crippen LogP contribution in [0.15, 0.2) is 30.5 Å². The van der Waals surface area contributed by atoms with Crippen molar-refractivity contribution >= 4 is 22.9 Å². The number of carbonyl (C=O) groups is 2. The lowest BCUT2D eigenvalue weighted by Gasteiger charge is -2.23. The average molecular weight is 357 g/mol. The summed E-state index contributed by atoms with van der Waals surface area (Å²) in [7, 11) is 1.94. The molecule has 6 heteroatoms. The molecule has 0 spiro atoms. The zero-order chi connectivity index (χ0) is 19.1. The van der Waals surface area contributed by atoms with Crippen molar-refractivity contribution < 1.29 is 14.3 Å². The molecule has 2 heterocycles. The van der Waals surface area contributed by atoms with Gasteiger partial charge in [-0.1, -0.05) is 25.1 Å². The number of rotatable bonds is 2. The van der Waals surface area contributed by atoms with E-state index < -0.39 is 11.7 Å². The van der Waals surface area contributed by atoms with Crippen molar-refractivity contribution in [2.24, 2.45) is 13.0 Å². The highest BCUT2D eigenvalue weighted by atomic mass is 16.6. The summed E-state index contributed by atoms with van der Waals surface area (Å²) < 4.78 is 7.30. The van der Waals surface area contributed by atoms with Crippen LogP contribution in [-0.4, -0.2) is 46.2 Å². The van der Waals surface area contributed by atoms with Crippen LogP contribution >= 0.6 is 0 Å². The number of fused-ring (bicyclic) bond motifs is 1. The minimum absolute atomic E-state index is 0.00198. The van der Waals surface area contributed by atoms with E-state index in [-0.39, 0.29) is 17.9 Å². The molecular weight excluding hydrogens is 330 g/mol. The Kier molecular flexibility index (Phi) is 4.69. The lowest BCUT2D eigenvalue weighted by atomic mass is 10.1. The van der Waals surface area contributed by atoms with Crippen LogP contribution in [0.4, 0.5) is 4.79 Å². The van der Waals surface area contributed by atoms with Crippen molar-refractivity contribution in [3.05, 3.63) is 36.0 Å². The Hall–Kier alpha value is -2.50. The molecule has 1 fully saturated rings. The van der Waals surface area contributed by atoms with Crippen molar-refractivity contribution in [1.82, 2.24) is 14.8 Å². The van der Waals surface area contributed by atoms with Crippen LogP contribution in [0.3, 0.4) is 0 Å². The van der Waals surface area contributed by atoms with Crippen LogP contribution in [0.25, 0.3) is 10.9 Å². The minimum atomic E-state index is -0.537. The van der Waals surface area contributed by atoms with Gasteiger partial charge in [0.05, 0.1) is 11.6 Å². The molecule has 140 valence electrons. The van der Waals surface area contributed by atoms with E-state index in [1.165, 1.54) is 0 Å². The second kappa shape index (κ2) is 6.67. The molecule has 0 bridgehead atoms. The Bertz CT molecular complexity index is 834. The normalized spacial score (nSPS) is 20.4. The highest BCUT2D eigenvalue weighted by Gasteiger charge is 2.35. The van der Waals surface area contributed by atoms with E-state index in [1.807, 2.05) is 74.7 Å². The molecular formula is C20H27N3O3. The van der Waals surface area contributed by atoms with Gasteiger partial charge in [0, 0.05) is 37.2 Å². The van der Waals surface area contributed by atoms with Crippen molar-refractivity contribution in [1.29, 1.82) is 0 Å². The van der Waals surface area contributed by atoms with Crippen LogP contribution < -0.4 is 5.32 Å². The van der Waals surface area contributed by atoms with Crippen molar-refractivity contribution in [2.45, 2.75) is 39.3 Å². The summed E-state index contributed by atoms with van der Waals surface area (Å²) in [6.07, 6.45) is 1.44. The minimum Gasteiger partial charge on any atom is -0.444 e. The first kappa shape index (κ1) is 18.3. The third kappa shape index (κ3) is 3.69. The van der Waals surface area contributed by atoms with Gasteiger partial charge in [0.1, 0.15) is 5.60 Å². The lowest BCUT2D eigenvalue weighted by molar-refractivity contribution is 0.0494. The van der Waals surface area contributed by atoms with Crippen LogP contribution in [0, 0.1) is 5.92 Å². The standard InChI is InChI=1S/C20H27N3O3/c1-13-10-23(12-16(13)21-19(25)26-20(2,3)4)18(24)15-11-22(5)17-9-7-6-8-14(15)17/h6-9,11,13,16H,10,12H2,1-5H3,(H,21,25)/t13-,16+/m0/s1. The monoisotopic (exact) mass is 357 g/mol. The number of para-hydroxylation sites is 1. The number of ether oxygens (including phenoxy) is 1. The summed E-state index contributed by atoms with van der Waals surface area (Å²) in [6, 6.07) is 7.78. The van der Waals surface area contributed by atoms with E-state index in [2.05, 4.69) is 5.32 Å². The predicted molar refractivity (Wildman–Crippen MR) is 101 cm³/mol. The molecule has 1 aliphatic rings. The van der Waals surface area contributed by atoms with Gasteiger partial charge in [-0.2, -0.15) is 0 Å². The quantitative estimate of drug-likeness (QED) is 0.898. The molecule has 0 aliphatic carbocycles. The maximum absolute atomic E-state index is 13.0. The van der Waals surface area contributed by atoms with Crippen molar-refractivity contribution in [3.8, 4) is 0 Å². The SMILES string of the molecule is C[C@H]1CN(C(=O)c2cn(C)c3ccccc23)C[C@H]1NC(=O)OC(C)(C)C. The Labute approximate surface area is 154 Å². The summed E-state index contributed by atoms with van der Waals surface area (Å²) in [5.74, 6) is 0.170. The third-order valence-corrected chi connectivity index (χ3v) is 4.73. The van der Waals surface area contributed by atoms with Crippen molar-refractivity contribution in [2.75, 3.05) is 13.1 Å². The molecule has 2 atom stereocenters. The lowest BCUT2D eigenvalue weighted by Crippen LogP contribution is -2.43. The van der Waals surface area contributed by atoms with Crippen molar-refractivity contribution in [3.63, 3.8) is 0 Å². The Morgan fingerprint density at radius 2 is 1.88 bits per heavy atom. The number of benzene rings is 1. The summed E-state index contributed by atoms with van der Waals surface area (Å²) in [5.41, 5.74) is 1.20. The number of aromatic nitrogens is 1. The number of likely N-dealkylation sites (tertiary alicyclic amines) is 1. The molecule has 1 aromatic carbocycles. The molecule has 2 aromatic rings. The van der Waals surface area contributed by atoms with E-state index in [1.54, 1.807) is 0 Å². The van der Waals surface area contributed by atoms with Gasteiger partial charge in [0.2, 0.25) is 0 Å². The molecule has 1 aliphatic heterocycles. The first-order valence-electron chi connectivity index (χ1n) is 8.98. The zero-order valence-electron chi connectivity index (χ0n) is 16.1. The zero-order valence-corrected chi connectivity index (χ0v) is 16.1. The number of amides is 2. The molecule has 0 radical (unpaired) electrons. The van der Waals surface area contributed by atoms with Gasteiger partial charge in [-0.05, 0) is 32.8 Å². The average Bonchev–Trinajstić information content (AvgIpc) is 3.06. The van der Waals surface area contributed by atoms with E-state index in [0.29, 0.717) is 18.7 Å². The van der Waals surface area contributed by atoms with Gasteiger partial charge in [-0.15, -0.1) is 0 Å².